The third kappa shape index (κ3) is 4.13. The molecule has 8 nitrogen and oxygen atoms in total. The standard InChI is InChI=1S/C25H19ClN4O4S/c1-25(2,23(33)29-24-30-27-12-35-24)20-15-5-3-4-6-19(15)34-21-16(20)9-10-18(28-21)13-7-8-14(22(31)32)17(26)11-13/h3-12,20H,1-2H3,(H,31,32)(H,29,30,33)/t20-/m0/s1. The molecule has 0 saturated heterocycles. The summed E-state index contributed by atoms with van der Waals surface area (Å²) in [7, 11) is 0. The van der Waals surface area contributed by atoms with E-state index in [1.54, 1.807) is 17.6 Å². The Morgan fingerprint density at radius 2 is 1.91 bits per heavy atom. The highest BCUT2D eigenvalue weighted by atomic mass is 35.5. The van der Waals surface area contributed by atoms with Gasteiger partial charge in [0.1, 0.15) is 11.3 Å². The first kappa shape index (κ1) is 22.9. The fourth-order valence-electron chi connectivity index (χ4n) is 4.24. The summed E-state index contributed by atoms with van der Waals surface area (Å²) in [6.07, 6.45) is 0. The molecule has 3 heterocycles. The van der Waals surface area contributed by atoms with Gasteiger partial charge in [0.15, 0.2) is 0 Å². The van der Waals surface area contributed by atoms with Crippen LogP contribution in [0.2, 0.25) is 5.02 Å². The number of hydrogen-bond donors (Lipinski definition) is 2. The molecule has 0 unspecified atom stereocenters. The minimum atomic E-state index is -1.10. The topological polar surface area (TPSA) is 114 Å². The van der Waals surface area contributed by atoms with E-state index < -0.39 is 11.4 Å². The SMILES string of the molecule is CC(C)(C(=O)Nc1nncs1)[C@H]1c2ccccc2Oc2nc(-c3ccc(C(=O)O)c(Cl)c3)ccc21. The smallest absolute Gasteiger partial charge is 0.337 e. The number of aromatic nitrogens is 3. The summed E-state index contributed by atoms with van der Waals surface area (Å²) in [6, 6.07) is 15.9. The molecule has 5 rings (SSSR count). The fraction of sp³-hybridized carbons (Fsp3) is 0.160. The van der Waals surface area contributed by atoms with Crippen LogP contribution in [0, 0.1) is 5.41 Å². The molecule has 0 radical (unpaired) electrons. The van der Waals surface area contributed by atoms with Gasteiger partial charge in [-0.25, -0.2) is 9.78 Å². The zero-order chi connectivity index (χ0) is 24.7. The van der Waals surface area contributed by atoms with Gasteiger partial charge in [-0.15, -0.1) is 10.2 Å². The van der Waals surface area contributed by atoms with E-state index in [4.69, 9.17) is 21.3 Å². The number of carboxylic acid groups (broad SMARTS) is 1. The van der Waals surface area contributed by atoms with Crippen molar-refractivity contribution in [2.75, 3.05) is 5.32 Å². The molecule has 0 aliphatic carbocycles. The van der Waals surface area contributed by atoms with Gasteiger partial charge in [-0.2, -0.15) is 0 Å². The van der Waals surface area contributed by atoms with Crippen LogP contribution in [-0.2, 0) is 4.79 Å². The van der Waals surface area contributed by atoms with E-state index in [0.29, 0.717) is 28.0 Å². The summed E-state index contributed by atoms with van der Waals surface area (Å²) >= 11 is 7.42. The molecule has 0 saturated carbocycles. The van der Waals surface area contributed by atoms with Gasteiger partial charge in [0.2, 0.25) is 16.9 Å². The Hall–Kier alpha value is -3.82. The molecule has 1 atom stereocenters. The number of pyridine rings is 1. The van der Waals surface area contributed by atoms with Crippen LogP contribution in [0.4, 0.5) is 5.13 Å². The maximum absolute atomic E-state index is 13.4. The van der Waals surface area contributed by atoms with Crippen LogP contribution in [0.3, 0.4) is 0 Å². The molecule has 2 N–H and O–H groups in total. The quantitative estimate of drug-likeness (QED) is 0.348. The lowest BCUT2D eigenvalue weighted by Crippen LogP contribution is -2.38. The average molecular weight is 507 g/mol. The molecular formula is C25H19ClN4O4S. The Bertz CT molecular complexity index is 1460. The van der Waals surface area contributed by atoms with E-state index in [0.717, 1.165) is 11.1 Å². The van der Waals surface area contributed by atoms with Crippen molar-refractivity contribution in [3.05, 3.63) is 81.8 Å². The van der Waals surface area contributed by atoms with E-state index in [1.165, 1.54) is 17.4 Å². The summed E-state index contributed by atoms with van der Waals surface area (Å²) < 4.78 is 6.15. The van der Waals surface area contributed by atoms with Crippen molar-refractivity contribution in [1.82, 2.24) is 15.2 Å². The highest BCUT2D eigenvalue weighted by Gasteiger charge is 2.44. The molecule has 0 fully saturated rings. The van der Waals surface area contributed by atoms with Crippen molar-refractivity contribution in [3.8, 4) is 22.9 Å². The Morgan fingerprint density at radius 3 is 2.63 bits per heavy atom. The van der Waals surface area contributed by atoms with Gasteiger partial charge in [0, 0.05) is 22.6 Å². The van der Waals surface area contributed by atoms with E-state index in [1.807, 2.05) is 50.2 Å². The van der Waals surface area contributed by atoms with Gasteiger partial charge in [0.25, 0.3) is 0 Å². The van der Waals surface area contributed by atoms with Crippen LogP contribution in [0.1, 0.15) is 41.3 Å². The minimum absolute atomic E-state index is 0.0156. The number of aromatic carboxylic acids is 1. The molecule has 176 valence electrons. The summed E-state index contributed by atoms with van der Waals surface area (Å²) in [5.41, 5.74) is 3.53. The molecule has 2 aromatic heterocycles. The lowest BCUT2D eigenvalue weighted by atomic mass is 9.69. The number of carbonyl (C=O) groups excluding carboxylic acids is 1. The second-order valence-electron chi connectivity index (χ2n) is 8.58. The zero-order valence-electron chi connectivity index (χ0n) is 18.7. The number of benzene rings is 2. The maximum Gasteiger partial charge on any atom is 0.337 e. The first-order chi connectivity index (χ1) is 16.8. The van der Waals surface area contributed by atoms with Crippen LogP contribution >= 0.6 is 22.9 Å². The number of fused-ring (bicyclic) bond motifs is 2. The lowest BCUT2D eigenvalue weighted by Gasteiger charge is -2.37. The number of nitrogens with one attached hydrogen (secondary N) is 1. The van der Waals surface area contributed by atoms with Crippen molar-refractivity contribution in [2.24, 2.45) is 5.41 Å². The second-order valence-corrected chi connectivity index (χ2v) is 9.82. The average Bonchev–Trinajstić information content (AvgIpc) is 3.34. The van der Waals surface area contributed by atoms with Gasteiger partial charge in [-0.1, -0.05) is 67.1 Å². The Morgan fingerprint density at radius 1 is 1.11 bits per heavy atom. The molecule has 10 heteroatoms. The van der Waals surface area contributed by atoms with E-state index in [9.17, 15) is 14.7 Å². The predicted octanol–water partition coefficient (Wildman–Crippen LogP) is 5.85. The molecule has 1 aliphatic rings. The number of anilines is 1. The van der Waals surface area contributed by atoms with Gasteiger partial charge in [-0.3, -0.25) is 4.79 Å². The summed E-state index contributed by atoms with van der Waals surface area (Å²) in [5, 5.41) is 20.4. The number of carboxylic acids is 1. The van der Waals surface area contributed by atoms with Crippen LogP contribution in [0.5, 0.6) is 11.6 Å². The zero-order valence-corrected chi connectivity index (χ0v) is 20.2. The first-order valence-electron chi connectivity index (χ1n) is 10.6. The first-order valence-corrected chi connectivity index (χ1v) is 11.9. The summed E-state index contributed by atoms with van der Waals surface area (Å²) in [6.45, 7) is 3.75. The Balaban J connectivity index is 1.57. The number of halogens is 1. The number of carbonyl (C=O) groups is 2. The lowest BCUT2D eigenvalue weighted by molar-refractivity contribution is -0.124. The number of para-hydroxylation sites is 1. The number of nitrogens with zero attached hydrogens (tertiary/aromatic N) is 3. The van der Waals surface area contributed by atoms with Crippen LogP contribution in [-0.4, -0.2) is 32.2 Å². The summed E-state index contributed by atoms with van der Waals surface area (Å²) in [4.78, 5) is 29.4. The second kappa shape index (κ2) is 8.75. The number of amides is 1. The Kier molecular flexibility index (Phi) is 5.74. The molecule has 0 spiro atoms. The van der Waals surface area contributed by atoms with E-state index in [-0.39, 0.29) is 22.4 Å². The van der Waals surface area contributed by atoms with Gasteiger partial charge in [0.05, 0.1) is 21.7 Å². The largest absolute Gasteiger partial charge is 0.478 e. The third-order valence-corrected chi connectivity index (χ3v) is 6.94. The minimum Gasteiger partial charge on any atom is -0.478 e. The number of ether oxygens (including phenoxy) is 1. The Labute approximate surface area is 209 Å². The molecule has 2 aromatic carbocycles. The van der Waals surface area contributed by atoms with E-state index >= 15 is 0 Å². The van der Waals surface area contributed by atoms with E-state index in [2.05, 4.69) is 15.5 Å². The molecule has 0 bridgehead atoms. The molecule has 1 amide bonds. The van der Waals surface area contributed by atoms with Crippen molar-refractivity contribution < 1.29 is 19.4 Å². The van der Waals surface area contributed by atoms with Crippen LogP contribution in [0.25, 0.3) is 11.3 Å². The molecular weight excluding hydrogens is 488 g/mol. The highest BCUT2D eigenvalue weighted by molar-refractivity contribution is 7.13. The van der Waals surface area contributed by atoms with Crippen LogP contribution < -0.4 is 10.1 Å². The number of rotatable bonds is 5. The van der Waals surface area contributed by atoms with Crippen LogP contribution in [0.15, 0.2) is 60.1 Å². The third-order valence-electron chi connectivity index (χ3n) is 6.02. The van der Waals surface area contributed by atoms with Crippen molar-refractivity contribution in [2.45, 2.75) is 19.8 Å². The predicted molar refractivity (Wildman–Crippen MR) is 132 cm³/mol. The highest BCUT2D eigenvalue weighted by Crippen LogP contribution is 2.52. The molecule has 35 heavy (non-hydrogen) atoms. The van der Waals surface area contributed by atoms with Crippen molar-refractivity contribution in [1.29, 1.82) is 0 Å². The summed E-state index contributed by atoms with van der Waals surface area (Å²) in [5.74, 6) is -0.666. The normalized spacial score (nSPS) is 14.4. The van der Waals surface area contributed by atoms with Crippen molar-refractivity contribution in [3.63, 3.8) is 0 Å². The van der Waals surface area contributed by atoms with Gasteiger partial charge < -0.3 is 15.2 Å². The number of hydrogen-bond acceptors (Lipinski definition) is 7. The molecule has 4 aromatic rings. The van der Waals surface area contributed by atoms with Crippen molar-refractivity contribution >= 4 is 39.9 Å². The fourth-order valence-corrected chi connectivity index (χ4v) is 4.94. The molecule has 1 aliphatic heterocycles. The maximum atomic E-state index is 13.4. The monoisotopic (exact) mass is 506 g/mol. The van der Waals surface area contributed by atoms with Gasteiger partial charge in [-0.05, 0) is 24.3 Å². The van der Waals surface area contributed by atoms with Gasteiger partial charge >= 0.3 is 5.97 Å².